The highest BCUT2D eigenvalue weighted by Crippen LogP contribution is 2.02. The number of rotatable bonds is 5. The highest BCUT2D eigenvalue weighted by atomic mass is 16.5. The number of amides is 1. The largest absolute Gasteiger partial charge is 0.462 e. The third kappa shape index (κ3) is 84.2. The molecule has 0 aliphatic heterocycles. The fourth-order valence-electron chi connectivity index (χ4n) is 0.444. The van der Waals surface area contributed by atoms with E-state index in [2.05, 4.69) is 36.1 Å². The summed E-state index contributed by atoms with van der Waals surface area (Å²) < 4.78 is 4.55. The Labute approximate surface area is 159 Å². The van der Waals surface area contributed by atoms with Gasteiger partial charge >= 0.3 is 0 Å². The van der Waals surface area contributed by atoms with Gasteiger partial charge in [-0.25, -0.2) is 0 Å². The van der Waals surface area contributed by atoms with Gasteiger partial charge < -0.3 is 15.4 Å². The molecule has 0 aromatic carbocycles. The van der Waals surface area contributed by atoms with E-state index >= 15 is 0 Å². The molecule has 0 heterocycles. The summed E-state index contributed by atoms with van der Waals surface area (Å²) in [6, 6.07) is 0.299. The second kappa shape index (κ2) is 38.5. The van der Waals surface area contributed by atoms with Gasteiger partial charge in [-0.05, 0) is 47.2 Å². The molecular weight excluding hydrogens is 316 g/mol. The second-order valence-corrected chi connectivity index (χ2v) is 5.35. The lowest BCUT2D eigenvalue weighted by Gasteiger charge is -2.14. The summed E-state index contributed by atoms with van der Waals surface area (Å²) in [5.41, 5.74) is -0.318. The summed E-state index contributed by atoms with van der Waals surface area (Å²) in [5.74, 6) is 0.528. The first-order valence-electron chi connectivity index (χ1n) is 9.61. The molecule has 0 aliphatic rings. The molecule has 0 aliphatic carbocycles. The Bertz CT molecular complexity index is 202. The second-order valence-electron chi connectivity index (χ2n) is 5.35. The Balaban J connectivity index is -0.0000000484. The highest BCUT2D eigenvalue weighted by Gasteiger charge is 2.07. The van der Waals surface area contributed by atoms with Gasteiger partial charge in [0.15, 0.2) is 0 Å². The van der Waals surface area contributed by atoms with Crippen molar-refractivity contribution in [2.75, 3.05) is 13.6 Å². The minimum Gasteiger partial charge on any atom is -0.462 e. The van der Waals surface area contributed by atoms with Crippen LogP contribution in [0.25, 0.3) is 0 Å². The quantitative estimate of drug-likeness (QED) is 0.669. The maximum atomic E-state index is 9.81. The molecule has 158 valence electrons. The molecule has 5 heteroatoms. The van der Waals surface area contributed by atoms with Crippen molar-refractivity contribution in [2.24, 2.45) is 5.92 Å². The zero-order valence-corrected chi connectivity index (χ0v) is 19.7. The summed E-state index contributed by atoms with van der Waals surface area (Å²) in [4.78, 5) is 19.4. The average Bonchev–Trinajstić information content (AvgIpc) is 2.60. The standard InChI is InChI=1S/C6H13NO.C5H10O2.C3H9N.3C2H6/c1-5(2)6(3)7-4-8;1-5(2,3)7-4-6;1-3-4-2;3*1-2/h4-6H,1-3H3,(H,7,8);4H,1-3H3;4H,3H2,1-2H3;3*1-2H3. The number of hydrogen-bond donors (Lipinski definition) is 2. The normalized spacial score (nSPS) is 9.24. The Hall–Kier alpha value is -1.10. The molecule has 1 atom stereocenters. The van der Waals surface area contributed by atoms with E-state index in [0.717, 1.165) is 13.0 Å². The van der Waals surface area contributed by atoms with Crippen molar-refractivity contribution in [1.82, 2.24) is 10.6 Å². The van der Waals surface area contributed by atoms with Crippen LogP contribution in [0.4, 0.5) is 0 Å². The maximum Gasteiger partial charge on any atom is 0.293 e. The SMILES string of the molecule is CC.CC.CC.CC(C)(C)OC=O.CC(C)C(C)NC=O.CCNC. The number of nitrogens with one attached hydrogen (secondary N) is 2. The van der Waals surface area contributed by atoms with Gasteiger partial charge in [-0.2, -0.15) is 0 Å². The molecule has 0 bridgehead atoms. The molecule has 0 spiro atoms. The number of ether oxygens (including phenoxy) is 1. The minimum absolute atomic E-state index is 0.299. The molecule has 1 amide bonds. The van der Waals surface area contributed by atoms with Crippen LogP contribution >= 0.6 is 0 Å². The zero-order valence-electron chi connectivity index (χ0n) is 19.7. The topological polar surface area (TPSA) is 67.4 Å². The summed E-state index contributed by atoms with van der Waals surface area (Å²) in [6.07, 6.45) is 0.741. The fourth-order valence-corrected chi connectivity index (χ4v) is 0.444. The molecule has 0 radical (unpaired) electrons. The van der Waals surface area contributed by atoms with Gasteiger partial charge in [0.1, 0.15) is 5.60 Å². The number of carbonyl (C=O) groups is 2. The fraction of sp³-hybridized carbons (Fsp3) is 0.900. The summed E-state index contributed by atoms with van der Waals surface area (Å²) in [7, 11) is 1.93. The average molecular weight is 367 g/mol. The first kappa shape index (κ1) is 39.1. The predicted octanol–water partition coefficient (Wildman–Crippen LogP) is 5.04. The van der Waals surface area contributed by atoms with Gasteiger partial charge in [0.25, 0.3) is 6.47 Å². The molecule has 0 saturated heterocycles. The molecule has 0 rings (SSSR count). The summed E-state index contributed by atoms with van der Waals surface area (Å²) in [6.45, 7) is 27.2. The van der Waals surface area contributed by atoms with E-state index in [1.165, 1.54) is 0 Å². The van der Waals surface area contributed by atoms with E-state index in [4.69, 9.17) is 0 Å². The number of hydrogen-bond acceptors (Lipinski definition) is 4. The molecule has 0 aromatic rings. The first-order valence-corrected chi connectivity index (χ1v) is 9.61. The molecule has 0 aromatic heterocycles. The van der Waals surface area contributed by atoms with Gasteiger partial charge in [0, 0.05) is 6.04 Å². The zero-order chi connectivity index (χ0) is 21.9. The van der Waals surface area contributed by atoms with Gasteiger partial charge in [-0.1, -0.05) is 62.3 Å². The van der Waals surface area contributed by atoms with E-state index in [9.17, 15) is 9.59 Å². The van der Waals surface area contributed by atoms with Gasteiger partial charge in [-0.3, -0.25) is 9.59 Å². The third-order valence-electron chi connectivity index (χ3n) is 2.09. The van der Waals surface area contributed by atoms with E-state index < -0.39 is 0 Å². The van der Waals surface area contributed by atoms with Gasteiger partial charge in [-0.15, -0.1) is 0 Å². The van der Waals surface area contributed by atoms with Crippen LogP contribution in [0.3, 0.4) is 0 Å². The molecule has 25 heavy (non-hydrogen) atoms. The van der Waals surface area contributed by atoms with Crippen LogP contribution in [0.2, 0.25) is 0 Å². The van der Waals surface area contributed by atoms with Crippen LogP contribution in [0.1, 0.15) is 90.0 Å². The van der Waals surface area contributed by atoms with E-state index in [1.807, 2.05) is 76.3 Å². The lowest BCUT2D eigenvalue weighted by Crippen LogP contribution is -2.29. The Morgan fingerprint density at radius 3 is 1.28 bits per heavy atom. The predicted molar refractivity (Wildman–Crippen MR) is 114 cm³/mol. The highest BCUT2D eigenvalue weighted by molar-refractivity contribution is 5.46. The molecule has 0 fully saturated rings. The Morgan fingerprint density at radius 1 is 0.920 bits per heavy atom. The molecule has 1 unspecified atom stereocenters. The Morgan fingerprint density at radius 2 is 1.24 bits per heavy atom. The van der Waals surface area contributed by atoms with E-state index in [-0.39, 0.29) is 5.60 Å². The van der Waals surface area contributed by atoms with Crippen molar-refractivity contribution in [3.8, 4) is 0 Å². The van der Waals surface area contributed by atoms with Crippen molar-refractivity contribution >= 4 is 12.9 Å². The Kier molecular flexibility index (Phi) is 60.2. The van der Waals surface area contributed by atoms with Crippen molar-refractivity contribution in [1.29, 1.82) is 0 Å². The van der Waals surface area contributed by atoms with Crippen LogP contribution in [0, 0.1) is 5.92 Å². The lowest BCUT2D eigenvalue weighted by molar-refractivity contribution is -0.138. The van der Waals surface area contributed by atoms with Crippen molar-refractivity contribution < 1.29 is 14.3 Å². The first-order chi connectivity index (χ1) is 11.7. The lowest BCUT2D eigenvalue weighted by atomic mass is 10.1. The van der Waals surface area contributed by atoms with Crippen molar-refractivity contribution in [2.45, 2.75) is 102 Å². The van der Waals surface area contributed by atoms with Crippen LogP contribution in [0.15, 0.2) is 0 Å². The van der Waals surface area contributed by atoms with Crippen LogP contribution in [-0.2, 0) is 14.3 Å². The molecule has 2 N–H and O–H groups in total. The van der Waals surface area contributed by atoms with Crippen LogP contribution in [-0.4, -0.2) is 38.1 Å². The van der Waals surface area contributed by atoms with E-state index in [1.54, 1.807) is 0 Å². The number of carbonyl (C=O) groups excluding carboxylic acids is 2. The molecular formula is C20H50N2O3. The third-order valence-corrected chi connectivity index (χ3v) is 2.09. The monoisotopic (exact) mass is 366 g/mol. The molecule has 5 nitrogen and oxygen atoms in total. The molecule has 0 saturated carbocycles. The summed E-state index contributed by atoms with van der Waals surface area (Å²) >= 11 is 0. The van der Waals surface area contributed by atoms with Gasteiger partial charge in [0.05, 0.1) is 0 Å². The smallest absolute Gasteiger partial charge is 0.293 e. The van der Waals surface area contributed by atoms with E-state index in [0.29, 0.717) is 18.4 Å². The van der Waals surface area contributed by atoms with Crippen LogP contribution < -0.4 is 10.6 Å². The summed E-state index contributed by atoms with van der Waals surface area (Å²) in [5, 5.41) is 5.59. The van der Waals surface area contributed by atoms with Crippen molar-refractivity contribution in [3.05, 3.63) is 0 Å². The van der Waals surface area contributed by atoms with Crippen LogP contribution in [0.5, 0.6) is 0 Å². The maximum absolute atomic E-state index is 9.81. The van der Waals surface area contributed by atoms with Gasteiger partial charge in [0.2, 0.25) is 6.41 Å². The van der Waals surface area contributed by atoms with Crippen molar-refractivity contribution in [3.63, 3.8) is 0 Å². The minimum atomic E-state index is -0.318.